The fourth-order valence-corrected chi connectivity index (χ4v) is 5.69. The fourth-order valence-electron chi connectivity index (χ4n) is 5.69. The van der Waals surface area contributed by atoms with Crippen LogP contribution in [-0.2, 0) is 9.59 Å². The number of benzene rings is 1. The predicted octanol–water partition coefficient (Wildman–Crippen LogP) is 1.77. The zero-order chi connectivity index (χ0) is 18.8. The number of rotatable bonds is 2. The highest BCUT2D eigenvalue weighted by Crippen LogP contribution is 2.66. The van der Waals surface area contributed by atoms with Gasteiger partial charge >= 0.3 is 0 Å². The second kappa shape index (κ2) is 5.81. The smallest absolute Gasteiger partial charge is 0.226 e. The van der Waals surface area contributed by atoms with Crippen LogP contribution in [-0.4, -0.2) is 41.2 Å². The molecule has 0 unspecified atom stereocenters. The lowest BCUT2D eigenvalue weighted by Crippen LogP contribution is -2.46. The number of ether oxygens (including phenoxy) is 1. The van der Waals surface area contributed by atoms with Gasteiger partial charge in [-0.25, -0.2) is 0 Å². The average molecular weight is 368 g/mol. The van der Waals surface area contributed by atoms with Crippen LogP contribution in [0.3, 0.4) is 0 Å². The molecule has 4 aliphatic rings. The Morgan fingerprint density at radius 2 is 1.89 bits per heavy atom. The van der Waals surface area contributed by atoms with Crippen molar-refractivity contribution in [3.63, 3.8) is 0 Å². The summed E-state index contributed by atoms with van der Waals surface area (Å²) in [5.74, 6) is 0.990. The summed E-state index contributed by atoms with van der Waals surface area (Å²) in [4.78, 5) is 39.0. The number of piperidine rings is 1. The Bertz CT molecular complexity index is 829. The third-order valence-corrected chi connectivity index (χ3v) is 7.13. The van der Waals surface area contributed by atoms with Gasteiger partial charge in [0.2, 0.25) is 11.8 Å². The van der Waals surface area contributed by atoms with E-state index < -0.39 is 5.60 Å². The van der Waals surface area contributed by atoms with Gasteiger partial charge in [0.1, 0.15) is 11.4 Å². The lowest BCUT2D eigenvalue weighted by Gasteiger charge is -2.38. The van der Waals surface area contributed by atoms with Crippen LogP contribution in [0.5, 0.6) is 5.75 Å². The second-order valence-electron chi connectivity index (χ2n) is 8.52. The maximum absolute atomic E-state index is 13.1. The summed E-state index contributed by atoms with van der Waals surface area (Å²) >= 11 is 0. The van der Waals surface area contributed by atoms with E-state index in [1.54, 1.807) is 0 Å². The molecule has 6 nitrogen and oxygen atoms in total. The standard InChI is InChI=1S/C21H24N2O4/c22-19(25)12-6-9-23(10-7-12)20(26)17-14-5-8-21(18(14)17)11-15(24)13-3-1-2-4-16(13)27-21/h1-4,12,14,17-18H,5-11H2,(H2,22,25)/t14-,17-,18-,21+/m1/s1. The van der Waals surface area contributed by atoms with E-state index in [1.807, 2.05) is 29.2 Å². The Morgan fingerprint density at radius 3 is 2.63 bits per heavy atom. The average Bonchev–Trinajstić information content (AvgIpc) is 3.32. The van der Waals surface area contributed by atoms with Crippen LogP contribution >= 0.6 is 0 Å². The molecule has 2 aliphatic carbocycles. The molecular weight excluding hydrogens is 344 g/mol. The van der Waals surface area contributed by atoms with E-state index in [-0.39, 0.29) is 35.4 Å². The molecule has 1 aromatic carbocycles. The molecule has 0 radical (unpaired) electrons. The summed E-state index contributed by atoms with van der Waals surface area (Å²) < 4.78 is 6.37. The van der Waals surface area contributed by atoms with Gasteiger partial charge in [-0.1, -0.05) is 12.1 Å². The molecule has 2 aliphatic heterocycles. The zero-order valence-corrected chi connectivity index (χ0v) is 15.2. The molecule has 2 saturated carbocycles. The maximum atomic E-state index is 13.1. The van der Waals surface area contributed by atoms with Gasteiger partial charge in [-0.05, 0) is 43.7 Å². The molecular formula is C21H24N2O4. The maximum Gasteiger partial charge on any atom is 0.226 e. The lowest BCUT2D eigenvalue weighted by atomic mass is 9.84. The number of ketones is 1. The van der Waals surface area contributed by atoms with E-state index >= 15 is 0 Å². The van der Waals surface area contributed by atoms with E-state index in [0.717, 1.165) is 12.8 Å². The van der Waals surface area contributed by atoms with Gasteiger partial charge in [0.05, 0.1) is 12.0 Å². The van der Waals surface area contributed by atoms with Crippen LogP contribution in [0.25, 0.3) is 0 Å². The summed E-state index contributed by atoms with van der Waals surface area (Å²) in [6, 6.07) is 7.41. The Balaban J connectivity index is 1.31. The normalized spacial score (nSPS) is 34.7. The van der Waals surface area contributed by atoms with Crippen molar-refractivity contribution in [2.24, 2.45) is 29.4 Å². The van der Waals surface area contributed by atoms with Crippen molar-refractivity contribution >= 4 is 17.6 Å². The van der Waals surface area contributed by atoms with Crippen molar-refractivity contribution in [3.8, 4) is 5.75 Å². The number of hydrogen-bond acceptors (Lipinski definition) is 4. The van der Waals surface area contributed by atoms with Crippen LogP contribution in [0.15, 0.2) is 24.3 Å². The number of Topliss-reactive ketones (excluding diaryl/α,β-unsaturated/α-hetero) is 1. The first kappa shape index (κ1) is 16.8. The highest BCUT2D eigenvalue weighted by atomic mass is 16.5. The van der Waals surface area contributed by atoms with Crippen LogP contribution in [0.2, 0.25) is 0 Å². The van der Waals surface area contributed by atoms with E-state index in [2.05, 4.69) is 0 Å². The van der Waals surface area contributed by atoms with Gasteiger partial charge in [0.15, 0.2) is 5.78 Å². The van der Waals surface area contributed by atoms with E-state index in [0.29, 0.717) is 49.6 Å². The van der Waals surface area contributed by atoms with Gasteiger partial charge in [-0.2, -0.15) is 0 Å². The topological polar surface area (TPSA) is 89.7 Å². The van der Waals surface area contributed by atoms with Gasteiger partial charge in [0.25, 0.3) is 0 Å². The first-order valence-corrected chi connectivity index (χ1v) is 9.89. The van der Waals surface area contributed by atoms with E-state index in [1.165, 1.54) is 0 Å². The number of likely N-dealkylation sites (tertiary alicyclic amines) is 1. The molecule has 6 heteroatoms. The monoisotopic (exact) mass is 368 g/mol. The Labute approximate surface area is 158 Å². The molecule has 2 N–H and O–H groups in total. The van der Waals surface area contributed by atoms with Crippen molar-refractivity contribution in [3.05, 3.63) is 29.8 Å². The number of hydrogen-bond donors (Lipinski definition) is 1. The van der Waals surface area contributed by atoms with Gasteiger partial charge in [-0.3, -0.25) is 14.4 Å². The molecule has 2 heterocycles. The molecule has 1 saturated heterocycles. The van der Waals surface area contributed by atoms with Crippen molar-refractivity contribution < 1.29 is 19.1 Å². The lowest BCUT2D eigenvalue weighted by molar-refractivity contribution is -0.137. The summed E-state index contributed by atoms with van der Waals surface area (Å²) in [5, 5.41) is 0. The van der Waals surface area contributed by atoms with Crippen molar-refractivity contribution in [1.29, 1.82) is 0 Å². The molecule has 4 atom stereocenters. The van der Waals surface area contributed by atoms with Crippen molar-refractivity contribution in [2.45, 2.75) is 37.7 Å². The fraction of sp³-hybridized carbons (Fsp3) is 0.571. The van der Waals surface area contributed by atoms with Gasteiger partial charge in [0, 0.05) is 30.8 Å². The Morgan fingerprint density at radius 1 is 1.15 bits per heavy atom. The summed E-state index contributed by atoms with van der Waals surface area (Å²) in [6.07, 6.45) is 3.45. The van der Waals surface area contributed by atoms with E-state index in [9.17, 15) is 14.4 Å². The zero-order valence-electron chi connectivity index (χ0n) is 15.2. The number of nitrogens with zero attached hydrogens (tertiary/aromatic N) is 1. The Hall–Kier alpha value is -2.37. The first-order valence-electron chi connectivity index (χ1n) is 9.89. The summed E-state index contributed by atoms with van der Waals surface area (Å²) in [7, 11) is 0. The van der Waals surface area contributed by atoms with Crippen molar-refractivity contribution in [2.75, 3.05) is 13.1 Å². The highest BCUT2D eigenvalue weighted by molar-refractivity contribution is 6.00. The van der Waals surface area contributed by atoms with E-state index in [4.69, 9.17) is 10.5 Å². The minimum atomic E-state index is -0.512. The highest BCUT2D eigenvalue weighted by Gasteiger charge is 2.71. The molecule has 5 rings (SSSR count). The molecule has 142 valence electrons. The number of para-hydroxylation sites is 1. The molecule has 1 spiro atoms. The summed E-state index contributed by atoms with van der Waals surface area (Å²) in [5.41, 5.74) is 5.53. The number of carbonyl (C=O) groups excluding carboxylic acids is 3. The van der Waals surface area contributed by atoms with Gasteiger partial charge < -0.3 is 15.4 Å². The van der Waals surface area contributed by atoms with Crippen LogP contribution < -0.4 is 10.5 Å². The minimum Gasteiger partial charge on any atom is -0.486 e. The number of amides is 2. The van der Waals surface area contributed by atoms with Gasteiger partial charge in [-0.15, -0.1) is 0 Å². The third-order valence-electron chi connectivity index (χ3n) is 7.13. The number of primary amides is 1. The predicted molar refractivity (Wildman–Crippen MR) is 97.0 cm³/mol. The minimum absolute atomic E-state index is 0.0399. The van der Waals surface area contributed by atoms with Crippen LogP contribution in [0, 0.1) is 23.7 Å². The van der Waals surface area contributed by atoms with Crippen LogP contribution in [0.1, 0.15) is 42.5 Å². The quantitative estimate of drug-likeness (QED) is 0.861. The van der Waals surface area contributed by atoms with Crippen molar-refractivity contribution in [1.82, 2.24) is 4.90 Å². The number of nitrogens with two attached hydrogens (primary N) is 1. The molecule has 0 aromatic heterocycles. The first-order chi connectivity index (χ1) is 13.0. The molecule has 1 aromatic rings. The Kier molecular flexibility index (Phi) is 3.61. The largest absolute Gasteiger partial charge is 0.486 e. The third kappa shape index (κ3) is 2.49. The number of fused-ring (bicyclic) bond motifs is 3. The number of carbonyl (C=O) groups is 3. The molecule has 0 bridgehead atoms. The molecule has 2 amide bonds. The summed E-state index contributed by atoms with van der Waals surface area (Å²) in [6.45, 7) is 1.19. The molecule has 27 heavy (non-hydrogen) atoms. The second-order valence-corrected chi connectivity index (χ2v) is 8.52. The SMILES string of the molecule is NC(=O)C1CCN(C(=O)[C@@H]2[C@H]3CC[C@]4(CC(=O)c5ccccc5O4)[C@H]32)CC1. The van der Waals surface area contributed by atoms with Crippen LogP contribution in [0.4, 0.5) is 0 Å². The molecule has 3 fully saturated rings.